The monoisotopic (exact) mass is 380 g/mol. The topological polar surface area (TPSA) is 77.1 Å². The molecule has 4 rings (SSSR count). The standard InChI is InChI=1S/C21H20N2O5/c1-26-17-5-3-2-4-14(17)13-19-20(24)22-16-12-15(6-7-18(16)28-19)21(25)23-8-10-27-11-9-23/h2-7,12-13H,8-11H2,1H3,(H,22,24)/b19-13+. The van der Waals surface area contributed by atoms with Crippen molar-refractivity contribution in [3.8, 4) is 11.5 Å². The molecule has 0 bridgehead atoms. The Morgan fingerprint density at radius 3 is 2.75 bits per heavy atom. The number of amides is 2. The maximum atomic E-state index is 12.6. The van der Waals surface area contributed by atoms with Crippen LogP contribution in [0.3, 0.4) is 0 Å². The molecule has 1 N–H and O–H groups in total. The number of methoxy groups -OCH3 is 1. The highest BCUT2D eigenvalue weighted by Gasteiger charge is 2.25. The Morgan fingerprint density at radius 2 is 1.96 bits per heavy atom. The van der Waals surface area contributed by atoms with Crippen LogP contribution in [0.4, 0.5) is 5.69 Å². The number of benzene rings is 2. The molecule has 2 aromatic rings. The second-order valence-electron chi connectivity index (χ2n) is 6.42. The molecule has 0 radical (unpaired) electrons. The molecule has 2 heterocycles. The third-order valence-electron chi connectivity index (χ3n) is 4.64. The van der Waals surface area contributed by atoms with E-state index in [1.165, 1.54) is 0 Å². The number of carbonyl (C=O) groups is 2. The van der Waals surface area contributed by atoms with E-state index in [1.807, 2.05) is 24.3 Å². The number of nitrogens with one attached hydrogen (secondary N) is 1. The van der Waals surface area contributed by atoms with Crippen molar-refractivity contribution < 1.29 is 23.8 Å². The summed E-state index contributed by atoms with van der Waals surface area (Å²) in [5.41, 5.74) is 1.71. The average Bonchev–Trinajstić information content (AvgIpc) is 2.74. The lowest BCUT2D eigenvalue weighted by molar-refractivity contribution is -0.115. The van der Waals surface area contributed by atoms with Gasteiger partial charge in [-0.25, -0.2) is 0 Å². The Balaban J connectivity index is 1.58. The quantitative estimate of drug-likeness (QED) is 0.828. The number of ether oxygens (including phenoxy) is 3. The molecule has 7 nitrogen and oxygen atoms in total. The minimum Gasteiger partial charge on any atom is -0.496 e. The molecule has 1 fully saturated rings. The number of para-hydroxylation sites is 1. The number of carbonyl (C=O) groups excluding carboxylic acids is 2. The van der Waals surface area contributed by atoms with Crippen LogP contribution >= 0.6 is 0 Å². The van der Waals surface area contributed by atoms with Crippen molar-refractivity contribution in [2.75, 3.05) is 38.7 Å². The van der Waals surface area contributed by atoms with E-state index in [1.54, 1.807) is 36.3 Å². The van der Waals surface area contributed by atoms with E-state index >= 15 is 0 Å². The second kappa shape index (κ2) is 7.74. The van der Waals surface area contributed by atoms with Crippen molar-refractivity contribution >= 4 is 23.6 Å². The maximum absolute atomic E-state index is 12.6. The summed E-state index contributed by atoms with van der Waals surface area (Å²) in [5.74, 6) is 0.817. The van der Waals surface area contributed by atoms with E-state index in [2.05, 4.69) is 5.32 Å². The Kier molecular flexibility index (Phi) is 4.99. The molecule has 0 aromatic heterocycles. The van der Waals surface area contributed by atoms with Gasteiger partial charge in [-0.2, -0.15) is 0 Å². The first-order valence-electron chi connectivity index (χ1n) is 9.01. The van der Waals surface area contributed by atoms with Crippen LogP contribution < -0.4 is 14.8 Å². The minimum absolute atomic E-state index is 0.0873. The van der Waals surface area contributed by atoms with Crippen molar-refractivity contribution in [1.29, 1.82) is 0 Å². The molecule has 7 heteroatoms. The Hall–Kier alpha value is -3.32. The van der Waals surface area contributed by atoms with Crippen LogP contribution in [0.2, 0.25) is 0 Å². The lowest BCUT2D eigenvalue weighted by Gasteiger charge is -2.27. The van der Waals surface area contributed by atoms with Crippen molar-refractivity contribution in [2.24, 2.45) is 0 Å². The molecule has 0 saturated carbocycles. The molecule has 0 spiro atoms. The lowest BCUT2D eigenvalue weighted by atomic mass is 10.1. The fraction of sp³-hybridized carbons (Fsp3) is 0.238. The molecule has 0 unspecified atom stereocenters. The molecular weight excluding hydrogens is 360 g/mol. The maximum Gasteiger partial charge on any atom is 0.291 e. The van der Waals surface area contributed by atoms with Gasteiger partial charge in [0.05, 0.1) is 26.0 Å². The summed E-state index contributed by atoms with van der Waals surface area (Å²) in [6, 6.07) is 12.4. The SMILES string of the molecule is COc1ccccc1/C=C1/Oc2ccc(C(=O)N3CCOCC3)cc2NC1=O. The first kappa shape index (κ1) is 18.1. The number of morpholine rings is 1. The number of anilines is 1. The number of rotatable bonds is 3. The van der Waals surface area contributed by atoms with Crippen LogP contribution in [-0.4, -0.2) is 50.1 Å². The first-order valence-corrected chi connectivity index (χ1v) is 9.01. The van der Waals surface area contributed by atoms with Gasteiger partial charge < -0.3 is 24.4 Å². The third-order valence-corrected chi connectivity index (χ3v) is 4.64. The minimum atomic E-state index is -0.380. The zero-order chi connectivity index (χ0) is 19.5. The fourth-order valence-corrected chi connectivity index (χ4v) is 3.17. The third kappa shape index (κ3) is 3.57. The zero-order valence-corrected chi connectivity index (χ0v) is 15.4. The number of fused-ring (bicyclic) bond motifs is 1. The molecule has 144 valence electrons. The molecule has 1 saturated heterocycles. The molecule has 0 atom stereocenters. The van der Waals surface area contributed by atoms with Crippen LogP contribution in [-0.2, 0) is 9.53 Å². The highest BCUT2D eigenvalue weighted by atomic mass is 16.5. The highest BCUT2D eigenvalue weighted by molar-refractivity contribution is 6.09. The van der Waals surface area contributed by atoms with Crippen LogP contribution in [0.5, 0.6) is 11.5 Å². The zero-order valence-electron chi connectivity index (χ0n) is 15.4. The van der Waals surface area contributed by atoms with Crippen LogP contribution in [0, 0.1) is 0 Å². The van der Waals surface area contributed by atoms with E-state index in [9.17, 15) is 9.59 Å². The van der Waals surface area contributed by atoms with Gasteiger partial charge in [0, 0.05) is 24.2 Å². The van der Waals surface area contributed by atoms with E-state index in [-0.39, 0.29) is 17.6 Å². The van der Waals surface area contributed by atoms with Gasteiger partial charge in [0.2, 0.25) is 0 Å². The number of hydrogen-bond donors (Lipinski definition) is 1. The van der Waals surface area contributed by atoms with Gasteiger partial charge in [0.15, 0.2) is 11.5 Å². The summed E-state index contributed by atoms with van der Waals surface area (Å²) < 4.78 is 16.4. The first-order chi connectivity index (χ1) is 13.7. The molecule has 28 heavy (non-hydrogen) atoms. The van der Waals surface area contributed by atoms with E-state index in [4.69, 9.17) is 14.2 Å². The summed E-state index contributed by atoms with van der Waals surface area (Å²) in [6.45, 7) is 2.19. The van der Waals surface area contributed by atoms with Crippen molar-refractivity contribution in [3.63, 3.8) is 0 Å². The summed E-state index contributed by atoms with van der Waals surface area (Å²) in [4.78, 5) is 26.9. The van der Waals surface area contributed by atoms with Gasteiger partial charge in [-0.05, 0) is 30.3 Å². The van der Waals surface area contributed by atoms with Gasteiger partial charge in [-0.1, -0.05) is 18.2 Å². The lowest BCUT2D eigenvalue weighted by Crippen LogP contribution is -2.40. The van der Waals surface area contributed by atoms with Crippen molar-refractivity contribution in [2.45, 2.75) is 0 Å². The molecular formula is C21H20N2O5. The van der Waals surface area contributed by atoms with Gasteiger partial charge in [-0.3, -0.25) is 9.59 Å². The highest BCUT2D eigenvalue weighted by Crippen LogP contribution is 2.33. The summed E-state index contributed by atoms with van der Waals surface area (Å²) >= 11 is 0. The second-order valence-corrected chi connectivity index (χ2v) is 6.42. The van der Waals surface area contributed by atoms with Gasteiger partial charge >= 0.3 is 0 Å². The summed E-state index contributed by atoms with van der Waals surface area (Å²) in [7, 11) is 1.57. The van der Waals surface area contributed by atoms with Crippen LogP contribution in [0.25, 0.3) is 6.08 Å². The van der Waals surface area contributed by atoms with Gasteiger partial charge in [0.1, 0.15) is 5.75 Å². The molecule has 0 aliphatic carbocycles. The smallest absolute Gasteiger partial charge is 0.291 e. The Morgan fingerprint density at radius 1 is 1.18 bits per heavy atom. The molecule has 2 amide bonds. The van der Waals surface area contributed by atoms with Crippen molar-refractivity contribution in [1.82, 2.24) is 4.90 Å². The van der Waals surface area contributed by atoms with E-state index < -0.39 is 0 Å². The fourth-order valence-electron chi connectivity index (χ4n) is 3.17. The summed E-state index contributed by atoms with van der Waals surface area (Å²) in [6.07, 6.45) is 1.63. The van der Waals surface area contributed by atoms with Crippen LogP contribution in [0.15, 0.2) is 48.2 Å². The van der Waals surface area contributed by atoms with E-state index in [0.717, 1.165) is 5.56 Å². The Bertz CT molecular complexity index is 948. The van der Waals surface area contributed by atoms with E-state index in [0.29, 0.717) is 49.1 Å². The largest absolute Gasteiger partial charge is 0.496 e. The predicted octanol–water partition coefficient (Wildman–Crippen LogP) is 2.54. The molecule has 2 aromatic carbocycles. The predicted molar refractivity (Wildman–Crippen MR) is 103 cm³/mol. The normalized spacial score (nSPS) is 17.5. The Labute approximate surface area is 162 Å². The summed E-state index contributed by atoms with van der Waals surface area (Å²) in [5, 5.41) is 2.80. The number of hydrogen-bond acceptors (Lipinski definition) is 5. The van der Waals surface area contributed by atoms with Gasteiger partial charge in [0.25, 0.3) is 11.8 Å². The van der Waals surface area contributed by atoms with Gasteiger partial charge in [-0.15, -0.1) is 0 Å². The molecule has 2 aliphatic rings. The average molecular weight is 380 g/mol. The number of nitrogens with zero attached hydrogens (tertiary/aromatic N) is 1. The van der Waals surface area contributed by atoms with Crippen molar-refractivity contribution in [3.05, 3.63) is 59.4 Å². The molecule has 2 aliphatic heterocycles. The van der Waals surface area contributed by atoms with Crippen LogP contribution in [0.1, 0.15) is 15.9 Å².